The van der Waals surface area contributed by atoms with Crippen molar-refractivity contribution < 1.29 is 9.13 Å². The molecule has 0 amide bonds. The van der Waals surface area contributed by atoms with Crippen LogP contribution in [0.15, 0.2) is 59.9 Å². The quantitative estimate of drug-likeness (QED) is 0.649. The van der Waals surface area contributed by atoms with Gasteiger partial charge in [-0.2, -0.15) is 0 Å². The number of imidazole rings is 1. The zero-order chi connectivity index (χ0) is 17.1. The molecular weight excluding hydrogens is 359 g/mol. The lowest BCUT2D eigenvalue weighted by Gasteiger charge is -2.06. The van der Waals surface area contributed by atoms with Gasteiger partial charge in [-0.1, -0.05) is 30.9 Å². The SMILES string of the molecule is C1=CCCC=C1.C=C(OCC)c1cnc2ccc(Br)cn12.CF. The highest BCUT2D eigenvalue weighted by Crippen LogP contribution is 2.18. The van der Waals surface area contributed by atoms with Crippen LogP contribution in [-0.4, -0.2) is 23.2 Å². The molecule has 2 aromatic heterocycles. The number of fused-ring (bicyclic) bond motifs is 1. The largest absolute Gasteiger partial charge is 0.492 e. The lowest BCUT2D eigenvalue weighted by Crippen LogP contribution is -1.95. The molecule has 3 nitrogen and oxygen atoms in total. The Morgan fingerprint density at radius 1 is 1.30 bits per heavy atom. The van der Waals surface area contributed by atoms with Crippen molar-refractivity contribution in [1.29, 1.82) is 0 Å². The van der Waals surface area contributed by atoms with Crippen LogP contribution >= 0.6 is 15.9 Å². The molecular formula is C18H22BrFN2O. The third-order valence-corrected chi connectivity index (χ3v) is 3.43. The summed E-state index contributed by atoms with van der Waals surface area (Å²) in [5.74, 6) is 0.642. The number of alkyl halides is 1. The molecule has 0 aliphatic heterocycles. The van der Waals surface area contributed by atoms with Crippen LogP contribution < -0.4 is 0 Å². The molecule has 3 rings (SSSR count). The summed E-state index contributed by atoms with van der Waals surface area (Å²) in [5.41, 5.74) is 1.77. The molecule has 23 heavy (non-hydrogen) atoms. The highest BCUT2D eigenvalue weighted by Gasteiger charge is 2.07. The molecule has 0 unspecified atom stereocenters. The molecule has 0 saturated heterocycles. The predicted molar refractivity (Wildman–Crippen MR) is 98.1 cm³/mol. The van der Waals surface area contributed by atoms with E-state index in [1.165, 1.54) is 12.8 Å². The topological polar surface area (TPSA) is 26.5 Å². The predicted octanol–water partition coefficient (Wildman–Crippen LogP) is 5.58. The van der Waals surface area contributed by atoms with Crippen molar-refractivity contribution in [3.63, 3.8) is 0 Å². The fourth-order valence-electron chi connectivity index (χ4n) is 1.95. The maximum absolute atomic E-state index is 9.50. The zero-order valence-corrected chi connectivity index (χ0v) is 15.1. The first-order valence-corrected chi connectivity index (χ1v) is 8.16. The van der Waals surface area contributed by atoms with Crippen molar-refractivity contribution in [1.82, 2.24) is 9.38 Å². The van der Waals surface area contributed by atoms with Gasteiger partial charge in [0.25, 0.3) is 0 Å². The minimum atomic E-state index is 0.500. The summed E-state index contributed by atoms with van der Waals surface area (Å²) in [7, 11) is 0.500. The van der Waals surface area contributed by atoms with Gasteiger partial charge in [0.1, 0.15) is 17.1 Å². The standard InChI is InChI=1S/C11H11BrN2O.C6H8.CH3F/c1-3-15-8(2)10-6-13-11-5-4-9(12)7-14(10)11;1-2-4-6-5-3-1;1-2/h4-7H,2-3H2,1H3;1-4H,5-6H2;1H3. The van der Waals surface area contributed by atoms with Gasteiger partial charge >= 0.3 is 0 Å². The number of hydrogen-bond donors (Lipinski definition) is 0. The smallest absolute Gasteiger partial charge is 0.137 e. The van der Waals surface area contributed by atoms with Gasteiger partial charge in [-0.05, 0) is 47.8 Å². The molecule has 0 aromatic carbocycles. The van der Waals surface area contributed by atoms with Crippen LogP contribution in [0.4, 0.5) is 4.39 Å². The van der Waals surface area contributed by atoms with Crippen molar-refractivity contribution in [3.05, 3.63) is 65.6 Å². The van der Waals surface area contributed by atoms with E-state index in [-0.39, 0.29) is 0 Å². The first kappa shape index (κ1) is 19.2. The average molecular weight is 381 g/mol. The fraction of sp³-hybridized carbons (Fsp3) is 0.278. The molecule has 5 heteroatoms. The Kier molecular flexibility index (Phi) is 8.98. The van der Waals surface area contributed by atoms with Crippen LogP contribution in [0.5, 0.6) is 0 Å². The lowest BCUT2D eigenvalue weighted by atomic mass is 10.2. The second kappa shape index (κ2) is 10.8. The Balaban J connectivity index is 0.000000276. The van der Waals surface area contributed by atoms with Gasteiger partial charge in [0.15, 0.2) is 0 Å². The highest BCUT2D eigenvalue weighted by molar-refractivity contribution is 9.10. The van der Waals surface area contributed by atoms with Gasteiger partial charge in [0.2, 0.25) is 0 Å². The fourth-order valence-corrected chi connectivity index (χ4v) is 2.29. The number of hydrogen-bond acceptors (Lipinski definition) is 2. The van der Waals surface area contributed by atoms with Crippen LogP contribution in [0.25, 0.3) is 11.4 Å². The van der Waals surface area contributed by atoms with Crippen molar-refractivity contribution in [3.8, 4) is 0 Å². The van der Waals surface area contributed by atoms with Crippen LogP contribution in [0, 0.1) is 0 Å². The van der Waals surface area contributed by atoms with Crippen LogP contribution in [-0.2, 0) is 4.74 Å². The third kappa shape index (κ3) is 6.02. The molecule has 0 atom stereocenters. The van der Waals surface area contributed by atoms with Gasteiger partial charge in [0, 0.05) is 10.7 Å². The van der Waals surface area contributed by atoms with E-state index in [2.05, 4.69) is 51.8 Å². The van der Waals surface area contributed by atoms with Gasteiger partial charge in [0.05, 0.1) is 20.0 Å². The monoisotopic (exact) mass is 380 g/mol. The van der Waals surface area contributed by atoms with Gasteiger partial charge in [-0.15, -0.1) is 0 Å². The normalized spacial score (nSPS) is 12.0. The maximum atomic E-state index is 9.50. The van der Waals surface area contributed by atoms with Crippen LogP contribution in [0.1, 0.15) is 25.5 Å². The minimum absolute atomic E-state index is 0.500. The van der Waals surface area contributed by atoms with E-state index >= 15 is 0 Å². The Morgan fingerprint density at radius 3 is 2.48 bits per heavy atom. The van der Waals surface area contributed by atoms with E-state index in [0.717, 1.165) is 15.8 Å². The van der Waals surface area contributed by atoms with Crippen LogP contribution in [0.2, 0.25) is 0 Å². The van der Waals surface area contributed by atoms with E-state index in [1.807, 2.05) is 29.7 Å². The molecule has 0 saturated carbocycles. The number of halogens is 2. The number of pyridine rings is 1. The maximum Gasteiger partial charge on any atom is 0.137 e. The van der Waals surface area contributed by atoms with Crippen molar-refractivity contribution in [2.75, 3.05) is 13.8 Å². The molecule has 2 aromatic rings. The molecule has 1 aliphatic rings. The summed E-state index contributed by atoms with van der Waals surface area (Å²) < 4.78 is 17.8. The summed E-state index contributed by atoms with van der Waals surface area (Å²) in [6.07, 6.45) is 14.7. The van der Waals surface area contributed by atoms with E-state index < -0.39 is 0 Å². The number of allylic oxidation sites excluding steroid dienone is 4. The Bertz CT molecular complexity index is 665. The first-order valence-electron chi connectivity index (χ1n) is 7.36. The third-order valence-electron chi connectivity index (χ3n) is 2.96. The summed E-state index contributed by atoms with van der Waals surface area (Å²) in [6, 6.07) is 3.89. The van der Waals surface area contributed by atoms with E-state index in [0.29, 0.717) is 19.5 Å². The second-order valence-corrected chi connectivity index (χ2v) is 5.42. The van der Waals surface area contributed by atoms with Gasteiger partial charge in [-0.25, -0.2) is 4.98 Å². The van der Waals surface area contributed by atoms with E-state index in [4.69, 9.17) is 4.74 Å². The minimum Gasteiger partial charge on any atom is -0.492 e. The summed E-state index contributed by atoms with van der Waals surface area (Å²) in [4.78, 5) is 4.26. The molecule has 0 spiro atoms. The Labute approximate surface area is 145 Å². The number of nitrogens with zero attached hydrogens (tertiary/aromatic N) is 2. The summed E-state index contributed by atoms with van der Waals surface area (Å²) in [5, 5.41) is 0. The molecule has 124 valence electrons. The lowest BCUT2D eigenvalue weighted by molar-refractivity contribution is 0.297. The van der Waals surface area contributed by atoms with Crippen molar-refractivity contribution in [2.24, 2.45) is 0 Å². The summed E-state index contributed by atoms with van der Waals surface area (Å²) >= 11 is 3.42. The van der Waals surface area contributed by atoms with E-state index in [9.17, 15) is 4.39 Å². The zero-order valence-electron chi connectivity index (χ0n) is 13.5. The number of ether oxygens (including phenoxy) is 1. The molecule has 0 radical (unpaired) electrons. The molecule has 2 heterocycles. The summed E-state index contributed by atoms with van der Waals surface area (Å²) in [6.45, 7) is 6.41. The van der Waals surface area contributed by atoms with Gasteiger partial charge in [-0.3, -0.25) is 8.79 Å². The number of rotatable bonds is 3. The van der Waals surface area contributed by atoms with Crippen LogP contribution in [0.3, 0.4) is 0 Å². The Hall–Kier alpha value is -1.88. The van der Waals surface area contributed by atoms with Gasteiger partial charge < -0.3 is 4.74 Å². The number of aromatic nitrogens is 2. The average Bonchev–Trinajstić information content (AvgIpc) is 3.02. The highest BCUT2D eigenvalue weighted by atomic mass is 79.9. The molecule has 0 bridgehead atoms. The molecule has 1 aliphatic carbocycles. The van der Waals surface area contributed by atoms with Crippen molar-refractivity contribution in [2.45, 2.75) is 19.8 Å². The Morgan fingerprint density at radius 2 is 1.96 bits per heavy atom. The van der Waals surface area contributed by atoms with Crippen molar-refractivity contribution >= 4 is 27.3 Å². The first-order chi connectivity index (χ1) is 11.2. The molecule has 0 fully saturated rings. The van der Waals surface area contributed by atoms with E-state index in [1.54, 1.807) is 6.20 Å². The second-order valence-electron chi connectivity index (χ2n) is 4.51. The molecule has 0 N–H and O–H groups in total.